The van der Waals surface area contributed by atoms with E-state index in [1.807, 2.05) is 18.2 Å². The van der Waals surface area contributed by atoms with Gasteiger partial charge in [0.1, 0.15) is 5.75 Å². The molecule has 1 N–H and O–H groups in total. The lowest BCUT2D eigenvalue weighted by Gasteiger charge is -2.25. The van der Waals surface area contributed by atoms with Gasteiger partial charge in [0.05, 0.1) is 18.5 Å². The number of para-hydroxylation sites is 3. The summed E-state index contributed by atoms with van der Waals surface area (Å²) >= 11 is 0. The Balaban J connectivity index is 2.24. The van der Waals surface area contributed by atoms with Crippen molar-refractivity contribution >= 4 is 21.6 Å². The number of hydrogen-bond acceptors (Lipinski definition) is 4. The van der Waals surface area contributed by atoms with Gasteiger partial charge in [0.15, 0.2) is 5.75 Å². The minimum Gasteiger partial charge on any atom is -0.455 e. The van der Waals surface area contributed by atoms with Gasteiger partial charge in [-0.05, 0) is 24.3 Å². The van der Waals surface area contributed by atoms with Gasteiger partial charge >= 0.3 is 0 Å². The Bertz CT molecular complexity index is 836. The van der Waals surface area contributed by atoms with Crippen molar-refractivity contribution in [2.75, 3.05) is 23.7 Å². The second kappa shape index (κ2) is 8.71. The van der Waals surface area contributed by atoms with E-state index < -0.39 is 10.0 Å². The van der Waals surface area contributed by atoms with Crippen molar-refractivity contribution in [3.63, 3.8) is 0 Å². The van der Waals surface area contributed by atoms with E-state index in [4.69, 9.17) is 4.74 Å². The molecule has 0 saturated heterocycles. The monoisotopic (exact) mass is 376 g/mol. The fourth-order valence-electron chi connectivity index (χ4n) is 2.31. The molecular formula is C19H24N2O4S. The quantitative estimate of drug-likeness (QED) is 0.768. The van der Waals surface area contributed by atoms with E-state index in [2.05, 4.69) is 5.32 Å². The van der Waals surface area contributed by atoms with Crippen LogP contribution in [0.3, 0.4) is 0 Å². The number of hydrogen-bond donors (Lipinski definition) is 1. The van der Waals surface area contributed by atoms with E-state index in [1.165, 1.54) is 4.31 Å². The maximum Gasteiger partial charge on any atom is 0.232 e. The molecule has 0 fully saturated rings. The lowest BCUT2D eigenvalue weighted by atomic mass is 10.2. The molecule has 0 aliphatic carbocycles. The van der Waals surface area contributed by atoms with Crippen molar-refractivity contribution in [2.24, 2.45) is 5.92 Å². The summed E-state index contributed by atoms with van der Waals surface area (Å²) in [6.07, 6.45) is 1.14. The van der Waals surface area contributed by atoms with Gasteiger partial charge in [0.25, 0.3) is 0 Å². The molecule has 0 atom stereocenters. The van der Waals surface area contributed by atoms with Crippen LogP contribution in [-0.4, -0.2) is 33.7 Å². The molecule has 7 heteroatoms. The average molecular weight is 376 g/mol. The highest BCUT2D eigenvalue weighted by molar-refractivity contribution is 7.92. The van der Waals surface area contributed by atoms with Crippen molar-refractivity contribution in [3.05, 3.63) is 54.6 Å². The summed E-state index contributed by atoms with van der Waals surface area (Å²) in [5.74, 6) is 0.767. The van der Waals surface area contributed by atoms with Crippen LogP contribution in [0, 0.1) is 5.92 Å². The molecular weight excluding hydrogens is 352 g/mol. The third-order valence-corrected chi connectivity index (χ3v) is 4.82. The summed E-state index contributed by atoms with van der Waals surface area (Å²) in [5, 5.41) is 2.74. The molecule has 6 nitrogen and oxygen atoms in total. The number of nitrogens with one attached hydrogen (secondary N) is 1. The molecule has 0 bridgehead atoms. The summed E-state index contributed by atoms with van der Waals surface area (Å²) in [5.41, 5.74) is 0.428. The summed E-state index contributed by atoms with van der Waals surface area (Å²) in [4.78, 5) is 11.7. The first-order valence-corrected chi connectivity index (χ1v) is 10.2. The molecule has 0 heterocycles. The van der Waals surface area contributed by atoms with Crippen molar-refractivity contribution in [1.29, 1.82) is 0 Å². The van der Waals surface area contributed by atoms with Crippen LogP contribution in [0.15, 0.2) is 54.6 Å². The van der Waals surface area contributed by atoms with E-state index in [9.17, 15) is 13.2 Å². The molecule has 0 saturated carbocycles. The van der Waals surface area contributed by atoms with Gasteiger partial charge in [-0.15, -0.1) is 0 Å². The minimum absolute atomic E-state index is 0.118. The molecule has 26 heavy (non-hydrogen) atoms. The maximum atomic E-state index is 12.3. The predicted molar refractivity (Wildman–Crippen MR) is 103 cm³/mol. The third kappa shape index (κ3) is 5.49. The van der Waals surface area contributed by atoms with Crippen LogP contribution in [-0.2, 0) is 14.8 Å². The molecule has 0 aliphatic rings. The standard InChI is InChI=1S/C19H24N2O4S/c1-15(2)19(22)20-13-14-21(26(3,23)24)17-11-7-8-12-18(17)25-16-9-5-4-6-10-16/h4-12,15H,13-14H2,1-3H3,(H,20,22). The number of benzene rings is 2. The fraction of sp³-hybridized carbons (Fsp3) is 0.316. The van der Waals surface area contributed by atoms with E-state index in [1.54, 1.807) is 50.2 Å². The van der Waals surface area contributed by atoms with Crippen molar-refractivity contribution in [3.8, 4) is 11.5 Å². The number of sulfonamides is 1. The number of rotatable bonds is 8. The average Bonchev–Trinajstić information content (AvgIpc) is 2.59. The zero-order valence-corrected chi connectivity index (χ0v) is 16.0. The van der Waals surface area contributed by atoms with Crippen molar-refractivity contribution < 1.29 is 17.9 Å². The van der Waals surface area contributed by atoms with E-state index in [-0.39, 0.29) is 24.9 Å². The number of ether oxygens (including phenoxy) is 1. The topological polar surface area (TPSA) is 75.7 Å². The van der Waals surface area contributed by atoms with Gasteiger partial charge in [-0.2, -0.15) is 0 Å². The SMILES string of the molecule is CC(C)C(=O)NCCN(c1ccccc1Oc1ccccc1)S(C)(=O)=O. The van der Waals surface area contributed by atoms with Crippen LogP contribution in [0.4, 0.5) is 5.69 Å². The summed E-state index contributed by atoms with van der Waals surface area (Å²) in [6.45, 7) is 3.90. The van der Waals surface area contributed by atoms with Crippen LogP contribution < -0.4 is 14.4 Å². The molecule has 1 amide bonds. The second-order valence-electron chi connectivity index (χ2n) is 6.16. The molecule has 0 aliphatic heterocycles. The Morgan fingerprint density at radius 3 is 2.31 bits per heavy atom. The molecule has 0 spiro atoms. The smallest absolute Gasteiger partial charge is 0.232 e. The van der Waals surface area contributed by atoms with E-state index >= 15 is 0 Å². The largest absolute Gasteiger partial charge is 0.455 e. The van der Waals surface area contributed by atoms with Crippen LogP contribution in [0.1, 0.15) is 13.8 Å². The van der Waals surface area contributed by atoms with Gasteiger partial charge in [-0.3, -0.25) is 9.10 Å². The molecule has 140 valence electrons. The molecule has 2 aromatic carbocycles. The van der Waals surface area contributed by atoms with Gasteiger partial charge < -0.3 is 10.1 Å². The molecule has 2 rings (SSSR count). The Labute approximate surface area is 154 Å². The van der Waals surface area contributed by atoms with Gasteiger partial charge in [0, 0.05) is 12.5 Å². The first-order valence-electron chi connectivity index (χ1n) is 8.36. The third-order valence-electron chi connectivity index (χ3n) is 3.64. The van der Waals surface area contributed by atoms with Crippen LogP contribution in [0.2, 0.25) is 0 Å². The highest BCUT2D eigenvalue weighted by atomic mass is 32.2. The van der Waals surface area contributed by atoms with Crippen molar-refractivity contribution in [2.45, 2.75) is 13.8 Å². The summed E-state index contributed by atoms with van der Waals surface area (Å²) in [7, 11) is -3.55. The number of nitrogens with zero attached hydrogens (tertiary/aromatic N) is 1. The second-order valence-corrected chi connectivity index (χ2v) is 8.07. The van der Waals surface area contributed by atoms with Crippen LogP contribution in [0.25, 0.3) is 0 Å². The normalized spacial score (nSPS) is 11.2. The van der Waals surface area contributed by atoms with Crippen molar-refractivity contribution in [1.82, 2.24) is 5.32 Å². The first-order chi connectivity index (χ1) is 12.3. The number of carbonyl (C=O) groups excluding carboxylic acids is 1. The minimum atomic E-state index is -3.55. The zero-order chi connectivity index (χ0) is 19.2. The highest BCUT2D eigenvalue weighted by Crippen LogP contribution is 2.33. The number of carbonyl (C=O) groups is 1. The number of anilines is 1. The van der Waals surface area contributed by atoms with Gasteiger partial charge in [0.2, 0.25) is 15.9 Å². The molecule has 0 unspecified atom stereocenters. The van der Waals surface area contributed by atoms with Crippen LogP contribution >= 0.6 is 0 Å². The van der Waals surface area contributed by atoms with E-state index in [0.29, 0.717) is 17.2 Å². The Kier molecular flexibility index (Phi) is 6.63. The first kappa shape index (κ1) is 19.8. The van der Waals surface area contributed by atoms with Gasteiger partial charge in [-0.25, -0.2) is 8.42 Å². The lowest BCUT2D eigenvalue weighted by molar-refractivity contribution is -0.123. The Morgan fingerprint density at radius 1 is 1.08 bits per heavy atom. The molecule has 2 aromatic rings. The maximum absolute atomic E-state index is 12.3. The van der Waals surface area contributed by atoms with E-state index in [0.717, 1.165) is 6.26 Å². The fourth-order valence-corrected chi connectivity index (χ4v) is 3.25. The summed E-state index contributed by atoms with van der Waals surface area (Å²) in [6, 6.07) is 16.1. The highest BCUT2D eigenvalue weighted by Gasteiger charge is 2.21. The Hall–Kier alpha value is -2.54. The zero-order valence-electron chi connectivity index (χ0n) is 15.2. The van der Waals surface area contributed by atoms with Gasteiger partial charge in [-0.1, -0.05) is 44.2 Å². The summed E-state index contributed by atoms with van der Waals surface area (Å²) < 4.78 is 31.7. The predicted octanol–water partition coefficient (Wildman–Crippen LogP) is 3.02. The Morgan fingerprint density at radius 2 is 1.69 bits per heavy atom. The molecule has 0 aromatic heterocycles. The molecule has 0 radical (unpaired) electrons. The lowest BCUT2D eigenvalue weighted by Crippen LogP contribution is -2.39. The number of amides is 1. The van der Waals surface area contributed by atoms with Crippen LogP contribution in [0.5, 0.6) is 11.5 Å².